The normalized spacial score (nSPS) is 21.4. The van der Waals surface area contributed by atoms with E-state index in [0.29, 0.717) is 12.3 Å². The van der Waals surface area contributed by atoms with Crippen molar-refractivity contribution in [2.75, 3.05) is 26.2 Å². The maximum atomic E-state index is 11.8. The van der Waals surface area contributed by atoms with Gasteiger partial charge < -0.3 is 10.2 Å². The largest absolute Gasteiger partial charge is 0.342 e. The number of hydrogen-bond donors (Lipinski definition) is 1. The zero-order valence-corrected chi connectivity index (χ0v) is 9.67. The maximum Gasteiger partial charge on any atom is 0.223 e. The Morgan fingerprint density at radius 3 is 3.13 bits per heavy atom. The average molecular weight is 210 g/mol. The van der Waals surface area contributed by atoms with Crippen molar-refractivity contribution in [3.05, 3.63) is 12.7 Å². The van der Waals surface area contributed by atoms with Gasteiger partial charge in [-0.2, -0.15) is 0 Å². The number of nitrogens with one attached hydrogen (secondary N) is 1. The van der Waals surface area contributed by atoms with Gasteiger partial charge in [-0.05, 0) is 18.8 Å². The lowest BCUT2D eigenvalue weighted by Gasteiger charge is -2.31. The summed E-state index contributed by atoms with van der Waals surface area (Å²) in [6, 6.07) is 0. The summed E-state index contributed by atoms with van der Waals surface area (Å²) in [5, 5.41) is 3.15. The van der Waals surface area contributed by atoms with E-state index in [1.165, 1.54) is 6.42 Å². The fourth-order valence-electron chi connectivity index (χ4n) is 1.97. The second kappa shape index (κ2) is 6.62. The molecule has 0 aromatic heterocycles. The number of carbonyl (C=O) groups excluding carboxylic acids is 1. The highest BCUT2D eigenvalue weighted by Gasteiger charge is 2.19. The third-order valence-electron chi connectivity index (χ3n) is 2.81. The molecule has 1 saturated heterocycles. The number of piperidine rings is 1. The van der Waals surface area contributed by atoms with Gasteiger partial charge in [-0.25, -0.2) is 0 Å². The third kappa shape index (κ3) is 4.47. The van der Waals surface area contributed by atoms with E-state index in [4.69, 9.17) is 0 Å². The molecule has 1 rings (SSSR count). The lowest BCUT2D eigenvalue weighted by molar-refractivity contribution is -0.132. The fraction of sp³-hybridized carbons (Fsp3) is 0.750. The van der Waals surface area contributed by atoms with Crippen LogP contribution in [0.3, 0.4) is 0 Å². The predicted octanol–water partition coefficient (Wildman–Crippen LogP) is 1.41. The van der Waals surface area contributed by atoms with Gasteiger partial charge in [0.2, 0.25) is 5.91 Å². The van der Waals surface area contributed by atoms with Crippen LogP contribution in [0.1, 0.15) is 26.2 Å². The summed E-state index contributed by atoms with van der Waals surface area (Å²) < 4.78 is 0. The van der Waals surface area contributed by atoms with Gasteiger partial charge in [0.25, 0.3) is 0 Å². The third-order valence-corrected chi connectivity index (χ3v) is 2.81. The van der Waals surface area contributed by atoms with Crippen LogP contribution in [0.15, 0.2) is 12.7 Å². The molecule has 0 bridgehead atoms. The molecule has 1 aliphatic rings. The van der Waals surface area contributed by atoms with E-state index in [9.17, 15) is 4.79 Å². The van der Waals surface area contributed by atoms with E-state index in [2.05, 4.69) is 18.8 Å². The van der Waals surface area contributed by atoms with Crippen LogP contribution in [0.4, 0.5) is 0 Å². The van der Waals surface area contributed by atoms with Crippen LogP contribution in [0, 0.1) is 5.92 Å². The molecule has 0 saturated carbocycles. The van der Waals surface area contributed by atoms with Crippen molar-refractivity contribution < 1.29 is 4.79 Å². The molecule has 3 nitrogen and oxygen atoms in total. The predicted molar refractivity (Wildman–Crippen MR) is 62.7 cm³/mol. The maximum absolute atomic E-state index is 11.8. The van der Waals surface area contributed by atoms with Gasteiger partial charge in [0, 0.05) is 32.6 Å². The van der Waals surface area contributed by atoms with Crippen molar-refractivity contribution in [2.45, 2.75) is 26.2 Å². The van der Waals surface area contributed by atoms with Gasteiger partial charge in [-0.1, -0.05) is 13.0 Å². The molecular weight excluding hydrogens is 188 g/mol. The Bertz CT molecular complexity index is 216. The van der Waals surface area contributed by atoms with Gasteiger partial charge in [0.1, 0.15) is 0 Å². The number of amides is 1. The van der Waals surface area contributed by atoms with Crippen LogP contribution in [0.2, 0.25) is 0 Å². The zero-order valence-electron chi connectivity index (χ0n) is 9.67. The number of hydrogen-bond acceptors (Lipinski definition) is 2. The van der Waals surface area contributed by atoms with Gasteiger partial charge >= 0.3 is 0 Å². The minimum absolute atomic E-state index is 0.290. The van der Waals surface area contributed by atoms with E-state index in [-0.39, 0.29) is 5.91 Å². The highest BCUT2D eigenvalue weighted by Crippen LogP contribution is 2.15. The van der Waals surface area contributed by atoms with Crippen LogP contribution in [0.25, 0.3) is 0 Å². The first-order chi connectivity index (χ1) is 7.24. The Morgan fingerprint density at radius 2 is 2.47 bits per heavy atom. The van der Waals surface area contributed by atoms with Crippen molar-refractivity contribution in [1.29, 1.82) is 0 Å². The minimum Gasteiger partial charge on any atom is -0.342 e. The van der Waals surface area contributed by atoms with Gasteiger partial charge in [0.15, 0.2) is 0 Å². The van der Waals surface area contributed by atoms with E-state index >= 15 is 0 Å². The summed E-state index contributed by atoms with van der Waals surface area (Å²) >= 11 is 0. The monoisotopic (exact) mass is 210 g/mol. The summed E-state index contributed by atoms with van der Waals surface area (Å²) in [7, 11) is 0. The first kappa shape index (κ1) is 12.2. The van der Waals surface area contributed by atoms with E-state index in [1.807, 2.05) is 11.0 Å². The highest BCUT2D eigenvalue weighted by molar-refractivity contribution is 5.76. The number of carbonyl (C=O) groups is 1. The molecule has 1 N–H and O–H groups in total. The lowest BCUT2D eigenvalue weighted by atomic mass is 10.00. The van der Waals surface area contributed by atoms with Crippen molar-refractivity contribution >= 4 is 5.91 Å². The first-order valence-corrected chi connectivity index (χ1v) is 5.83. The van der Waals surface area contributed by atoms with Crippen LogP contribution in [0.5, 0.6) is 0 Å². The van der Waals surface area contributed by atoms with E-state index < -0.39 is 0 Å². The summed E-state index contributed by atoms with van der Waals surface area (Å²) in [5.74, 6) is 0.960. The standard InChI is InChI=1S/C12H22N2O/c1-3-7-13-8-6-12(15)14-9-4-5-11(2)10-14/h3,11,13H,1,4-10H2,2H3. The summed E-state index contributed by atoms with van der Waals surface area (Å²) in [5.41, 5.74) is 0. The topological polar surface area (TPSA) is 32.3 Å². The fourth-order valence-corrected chi connectivity index (χ4v) is 1.97. The summed E-state index contributed by atoms with van der Waals surface area (Å²) in [6.07, 6.45) is 4.85. The van der Waals surface area contributed by atoms with Crippen molar-refractivity contribution in [3.8, 4) is 0 Å². The van der Waals surface area contributed by atoms with E-state index in [1.54, 1.807) is 0 Å². The number of likely N-dealkylation sites (tertiary alicyclic amines) is 1. The summed E-state index contributed by atoms with van der Waals surface area (Å²) in [4.78, 5) is 13.8. The van der Waals surface area contributed by atoms with Crippen LogP contribution >= 0.6 is 0 Å². The molecule has 1 fully saturated rings. The molecule has 0 radical (unpaired) electrons. The molecule has 1 aliphatic heterocycles. The average Bonchev–Trinajstić information content (AvgIpc) is 2.24. The van der Waals surface area contributed by atoms with Crippen LogP contribution in [-0.4, -0.2) is 37.0 Å². The molecule has 15 heavy (non-hydrogen) atoms. The molecule has 1 amide bonds. The molecule has 0 aromatic carbocycles. The Hall–Kier alpha value is -0.830. The molecule has 1 atom stereocenters. The highest BCUT2D eigenvalue weighted by atomic mass is 16.2. The Kier molecular flexibility index (Phi) is 5.40. The SMILES string of the molecule is C=CCNCCC(=O)N1CCCC(C)C1. The van der Waals surface area contributed by atoms with Crippen LogP contribution < -0.4 is 5.32 Å². The Balaban J connectivity index is 2.18. The Morgan fingerprint density at radius 1 is 1.67 bits per heavy atom. The molecule has 0 aliphatic carbocycles. The molecule has 0 spiro atoms. The van der Waals surface area contributed by atoms with Gasteiger partial charge in [-0.3, -0.25) is 4.79 Å². The second-order valence-electron chi connectivity index (χ2n) is 4.33. The minimum atomic E-state index is 0.290. The molecule has 0 aromatic rings. The molecule has 3 heteroatoms. The first-order valence-electron chi connectivity index (χ1n) is 5.83. The zero-order chi connectivity index (χ0) is 11.1. The number of rotatable bonds is 5. The quantitative estimate of drug-likeness (QED) is 0.549. The second-order valence-corrected chi connectivity index (χ2v) is 4.33. The van der Waals surface area contributed by atoms with Crippen molar-refractivity contribution in [2.24, 2.45) is 5.92 Å². The van der Waals surface area contributed by atoms with E-state index in [0.717, 1.165) is 32.6 Å². The van der Waals surface area contributed by atoms with Crippen molar-refractivity contribution in [1.82, 2.24) is 10.2 Å². The Labute approximate surface area is 92.5 Å². The molecule has 86 valence electrons. The number of nitrogens with zero attached hydrogens (tertiary/aromatic N) is 1. The van der Waals surface area contributed by atoms with Crippen molar-refractivity contribution in [3.63, 3.8) is 0 Å². The lowest BCUT2D eigenvalue weighted by Crippen LogP contribution is -2.40. The summed E-state index contributed by atoms with van der Waals surface area (Å²) in [6.45, 7) is 9.27. The van der Waals surface area contributed by atoms with Gasteiger partial charge in [-0.15, -0.1) is 6.58 Å². The van der Waals surface area contributed by atoms with Crippen LogP contribution in [-0.2, 0) is 4.79 Å². The smallest absolute Gasteiger partial charge is 0.223 e. The molecule has 1 unspecified atom stereocenters. The molecular formula is C12H22N2O. The van der Waals surface area contributed by atoms with Gasteiger partial charge in [0.05, 0.1) is 0 Å². The molecule has 1 heterocycles.